The summed E-state index contributed by atoms with van der Waals surface area (Å²) < 4.78 is 10.8. The number of likely N-dealkylation sites (tertiary alicyclic amines) is 1. The van der Waals surface area contributed by atoms with Crippen LogP contribution >= 0.6 is 0 Å². The Balaban J connectivity index is 2.19. The molecule has 1 atom stereocenters. The van der Waals surface area contributed by atoms with Gasteiger partial charge in [-0.2, -0.15) is 0 Å². The van der Waals surface area contributed by atoms with E-state index in [9.17, 15) is 19.5 Å². The molecule has 0 bridgehead atoms. The number of amides is 1. The maximum Gasteiger partial charge on any atom is 0.303 e. The van der Waals surface area contributed by atoms with Gasteiger partial charge in [-0.3, -0.25) is 14.4 Å². The summed E-state index contributed by atoms with van der Waals surface area (Å²) in [5, 5.41) is 20.1. The summed E-state index contributed by atoms with van der Waals surface area (Å²) in [5.41, 5.74) is 1.74. The number of carboxylic acid groups (broad SMARTS) is 1. The van der Waals surface area contributed by atoms with Crippen molar-refractivity contribution in [2.24, 2.45) is 0 Å². The molecule has 1 fully saturated rings. The first-order valence-corrected chi connectivity index (χ1v) is 10.1. The smallest absolute Gasteiger partial charge is 0.303 e. The molecule has 1 unspecified atom stereocenters. The number of carboxylic acids is 1. The first-order valence-electron chi connectivity index (χ1n) is 10.1. The van der Waals surface area contributed by atoms with Crippen molar-refractivity contribution in [1.29, 1.82) is 0 Å². The molecule has 8 heteroatoms. The van der Waals surface area contributed by atoms with Crippen molar-refractivity contribution >= 4 is 23.4 Å². The molecule has 2 aromatic rings. The lowest BCUT2D eigenvalue weighted by Crippen LogP contribution is -2.31. The molecule has 8 nitrogen and oxygen atoms in total. The summed E-state index contributed by atoms with van der Waals surface area (Å²) in [7, 11) is 2.95. The molecule has 1 saturated heterocycles. The van der Waals surface area contributed by atoms with E-state index in [1.54, 1.807) is 42.5 Å². The maximum atomic E-state index is 13.0. The van der Waals surface area contributed by atoms with Gasteiger partial charge in [-0.15, -0.1) is 0 Å². The maximum absolute atomic E-state index is 13.0. The largest absolute Gasteiger partial charge is 0.507 e. The van der Waals surface area contributed by atoms with Crippen LogP contribution in [0.15, 0.2) is 48.0 Å². The molecule has 1 aliphatic rings. The second-order valence-corrected chi connectivity index (χ2v) is 7.46. The third kappa shape index (κ3) is 4.44. The monoisotopic (exact) mass is 439 g/mol. The second-order valence-electron chi connectivity index (χ2n) is 7.46. The van der Waals surface area contributed by atoms with E-state index in [-0.39, 0.29) is 30.7 Å². The zero-order valence-electron chi connectivity index (χ0n) is 18.1. The van der Waals surface area contributed by atoms with E-state index in [0.717, 1.165) is 5.56 Å². The van der Waals surface area contributed by atoms with Gasteiger partial charge >= 0.3 is 5.97 Å². The highest BCUT2D eigenvalue weighted by molar-refractivity contribution is 6.46. The number of aryl methyl sites for hydroxylation is 1. The minimum atomic E-state index is -1.00. The van der Waals surface area contributed by atoms with Crippen LogP contribution in [0.25, 0.3) is 5.76 Å². The quantitative estimate of drug-likeness (QED) is 0.369. The number of benzene rings is 2. The number of Topliss-reactive ketones (excluding diaryl/α,β-unsaturated/α-hetero) is 1. The van der Waals surface area contributed by atoms with E-state index in [4.69, 9.17) is 14.6 Å². The Morgan fingerprint density at radius 3 is 2.31 bits per heavy atom. The molecular formula is C24H25NO7. The van der Waals surface area contributed by atoms with Gasteiger partial charge in [0.05, 0.1) is 25.8 Å². The zero-order valence-corrected chi connectivity index (χ0v) is 18.1. The van der Waals surface area contributed by atoms with Crippen LogP contribution in [0.5, 0.6) is 11.5 Å². The Kier molecular flexibility index (Phi) is 6.82. The van der Waals surface area contributed by atoms with Crippen molar-refractivity contribution in [3.8, 4) is 11.5 Å². The highest BCUT2D eigenvalue weighted by Crippen LogP contribution is 2.44. The van der Waals surface area contributed by atoms with Gasteiger partial charge in [0, 0.05) is 24.1 Å². The van der Waals surface area contributed by atoms with Gasteiger partial charge in [0.1, 0.15) is 17.3 Å². The Morgan fingerprint density at radius 1 is 1.03 bits per heavy atom. The highest BCUT2D eigenvalue weighted by atomic mass is 16.5. The predicted molar refractivity (Wildman–Crippen MR) is 117 cm³/mol. The van der Waals surface area contributed by atoms with Crippen LogP contribution in [0.2, 0.25) is 0 Å². The molecular weight excluding hydrogens is 414 g/mol. The van der Waals surface area contributed by atoms with E-state index in [1.165, 1.54) is 19.1 Å². The van der Waals surface area contributed by atoms with Crippen LogP contribution in [0.1, 0.15) is 35.6 Å². The molecule has 3 rings (SSSR count). The van der Waals surface area contributed by atoms with Crippen molar-refractivity contribution in [3.05, 3.63) is 64.7 Å². The van der Waals surface area contributed by atoms with Crippen molar-refractivity contribution < 1.29 is 34.1 Å². The molecule has 0 spiro atoms. The molecule has 2 aromatic carbocycles. The predicted octanol–water partition coefficient (Wildman–Crippen LogP) is 3.30. The van der Waals surface area contributed by atoms with Crippen molar-refractivity contribution in [2.45, 2.75) is 25.8 Å². The van der Waals surface area contributed by atoms with Crippen LogP contribution < -0.4 is 9.47 Å². The number of hydrogen-bond acceptors (Lipinski definition) is 6. The number of ketones is 1. The molecule has 1 aliphatic heterocycles. The minimum Gasteiger partial charge on any atom is -0.507 e. The fourth-order valence-electron chi connectivity index (χ4n) is 3.75. The van der Waals surface area contributed by atoms with E-state index >= 15 is 0 Å². The number of aliphatic carboxylic acids is 1. The van der Waals surface area contributed by atoms with E-state index in [1.807, 2.05) is 6.92 Å². The van der Waals surface area contributed by atoms with Crippen LogP contribution in [-0.4, -0.2) is 53.5 Å². The summed E-state index contributed by atoms with van der Waals surface area (Å²) in [6.07, 6.45) is -0.0152. The highest BCUT2D eigenvalue weighted by Gasteiger charge is 2.47. The number of rotatable bonds is 8. The summed E-state index contributed by atoms with van der Waals surface area (Å²) >= 11 is 0. The second kappa shape index (κ2) is 9.55. The standard InChI is InChI=1S/C24H25NO7/c1-14-6-8-15(9-7-14)22(28)20-21(17-13-16(31-2)10-11-18(17)32-3)25(24(30)23(20)29)12-4-5-19(26)27/h6-11,13,21,28H,4-5,12H2,1-3H3,(H,26,27)/b22-20+. The average molecular weight is 439 g/mol. The average Bonchev–Trinajstić information content (AvgIpc) is 3.03. The van der Waals surface area contributed by atoms with Gasteiger partial charge in [-0.25, -0.2) is 0 Å². The number of aliphatic hydroxyl groups excluding tert-OH is 1. The molecule has 32 heavy (non-hydrogen) atoms. The molecule has 0 radical (unpaired) electrons. The third-order valence-corrected chi connectivity index (χ3v) is 5.39. The van der Waals surface area contributed by atoms with Crippen LogP contribution in [0.3, 0.4) is 0 Å². The van der Waals surface area contributed by atoms with E-state index in [2.05, 4.69) is 0 Å². The Hall–Kier alpha value is -3.81. The van der Waals surface area contributed by atoms with Gasteiger partial charge < -0.3 is 24.6 Å². The number of methoxy groups -OCH3 is 2. The summed E-state index contributed by atoms with van der Waals surface area (Å²) in [6, 6.07) is 10.9. The van der Waals surface area contributed by atoms with Crippen molar-refractivity contribution in [2.75, 3.05) is 20.8 Å². The third-order valence-electron chi connectivity index (χ3n) is 5.39. The Morgan fingerprint density at radius 2 is 1.72 bits per heavy atom. The molecule has 1 amide bonds. The van der Waals surface area contributed by atoms with Gasteiger partial charge in [0.25, 0.3) is 11.7 Å². The molecule has 0 aromatic heterocycles. The number of ether oxygens (including phenoxy) is 2. The molecule has 0 saturated carbocycles. The number of hydrogen-bond donors (Lipinski definition) is 2. The van der Waals surface area contributed by atoms with Crippen molar-refractivity contribution in [3.63, 3.8) is 0 Å². The molecule has 2 N–H and O–H groups in total. The van der Waals surface area contributed by atoms with Gasteiger partial charge in [0.2, 0.25) is 0 Å². The summed E-state index contributed by atoms with van der Waals surface area (Å²) in [5.74, 6) is -2.08. The van der Waals surface area contributed by atoms with Crippen LogP contribution in [0, 0.1) is 6.92 Å². The Bertz CT molecular complexity index is 1070. The number of carbonyl (C=O) groups excluding carboxylic acids is 2. The molecule has 1 heterocycles. The number of aliphatic hydroxyl groups is 1. The molecule has 0 aliphatic carbocycles. The summed E-state index contributed by atoms with van der Waals surface area (Å²) in [4.78, 5) is 38.2. The zero-order chi connectivity index (χ0) is 23.4. The van der Waals surface area contributed by atoms with E-state index < -0.39 is 23.7 Å². The van der Waals surface area contributed by atoms with Crippen LogP contribution in [-0.2, 0) is 14.4 Å². The lowest BCUT2D eigenvalue weighted by atomic mass is 9.94. The lowest BCUT2D eigenvalue weighted by molar-refractivity contribution is -0.140. The number of carbonyl (C=O) groups is 3. The normalized spacial score (nSPS) is 17.5. The summed E-state index contributed by atoms with van der Waals surface area (Å²) in [6.45, 7) is 1.92. The van der Waals surface area contributed by atoms with Crippen LogP contribution in [0.4, 0.5) is 0 Å². The molecule has 168 valence electrons. The SMILES string of the molecule is COc1ccc(OC)c(C2/C(=C(\O)c3ccc(C)cc3)C(=O)C(=O)N2CCCC(=O)O)c1. The fraction of sp³-hybridized carbons (Fsp3) is 0.292. The first kappa shape index (κ1) is 22.9. The van der Waals surface area contributed by atoms with Gasteiger partial charge in [-0.1, -0.05) is 29.8 Å². The van der Waals surface area contributed by atoms with Gasteiger partial charge in [0.15, 0.2) is 0 Å². The topological polar surface area (TPSA) is 113 Å². The van der Waals surface area contributed by atoms with E-state index in [0.29, 0.717) is 22.6 Å². The Labute approximate surface area is 185 Å². The first-order chi connectivity index (χ1) is 15.3. The lowest BCUT2D eigenvalue weighted by Gasteiger charge is -2.26. The minimum absolute atomic E-state index is 0.0204. The van der Waals surface area contributed by atoms with Gasteiger partial charge in [-0.05, 0) is 31.5 Å². The number of nitrogens with zero attached hydrogens (tertiary/aromatic N) is 1. The van der Waals surface area contributed by atoms with Crippen molar-refractivity contribution in [1.82, 2.24) is 4.90 Å². The fourth-order valence-corrected chi connectivity index (χ4v) is 3.75.